The predicted octanol–water partition coefficient (Wildman–Crippen LogP) is 1.42. The first-order valence-electron chi connectivity index (χ1n) is 6.09. The Morgan fingerprint density at radius 3 is 3.11 bits per heavy atom. The Kier molecular flexibility index (Phi) is 6.82. The van der Waals surface area contributed by atoms with Crippen molar-refractivity contribution in [1.29, 1.82) is 0 Å². The number of hydrogen-bond acceptors (Lipinski definition) is 5. The largest absolute Gasteiger partial charge is 0.468 e. The summed E-state index contributed by atoms with van der Waals surface area (Å²) in [5.74, 6) is 1.40. The fourth-order valence-corrected chi connectivity index (χ4v) is 2.58. The van der Waals surface area contributed by atoms with Gasteiger partial charge in [0, 0.05) is 24.2 Å². The molecule has 1 unspecified atom stereocenters. The minimum atomic E-state index is -0.511. The summed E-state index contributed by atoms with van der Waals surface area (Å²) in [4.78, 5) is 15.3. The molecular weight excluding hydrogens is 250 g/mol. The van der Waals surface area contributed by atoms with Crippen molar-refractivity contribution in [1.82, 2.24) is 9.55 Å². The van der Waals surface area contributed by atoms with Gasteiger partial charge in [-0.2, -0.15) is 11.8 Å². The van der Waals surface area contributed by atoms with Crippen LogP contribution >= 0.6 is 11.8 Å². The molecule has 1 rings (SSSR count). The molecule has 0 saturated heterocycles. The van der Waals surface area contributed by atoms with E-state index in [9.17, 15) is 4.79 Å². The fraction of sp³-hybridized carbons (Fsp3) is 0.667. The highest BCUT2D eigenvalue weighted by atomic mass is 32.2. The number of ether oxygens (including phenoxy) is 1. The van der Waals surface area contributed by atoms with Crippen molar-refractivity contribution in [3.8, 4) is 0 Å². The van der Waals surface area contributed by atoms with Crippen LogP contribution in [-0.4, -0.2) is 34.4 Å². The molecule has 0 aliphatic rings. The maximum absolute atomic E-state index is 11.1. The summed E-state index contributed by atoms with van der Waals surface area (Å²) in [6.07, 6.45) is 5.49. The molecule has 0 aliphatic heterocycles. The SMILES string of the molecule is CCCn1cncc1CSCCC(N)C(=O)OC. The number of carbonyl (C=O) groups excluding carboxylic acids is 1. The summed E-state index contributed by atoms with van der Waals surface area (Å²) < 4.78 is 6.74. The number of thioether (sulfide) groups is 1. The molecule has 0 bridgehead atoms. The molecule has 102 valence electrons. The summed E-state index contributed by atoms with van der Waals surface area (Å²) in [6, 6.07) is -0.511. The van der Waals surface area contributed by atoms with Crippen molar-refractivity contribution in [2.45, 2.75) is 38.1 Å². The Morgan fingerprint density at radius 2 is 2.44 bits per heavy atom. The zero-order valence-electron chi connectivity index (χ0n) is 11.0. The second-order valence-electron chi connectivity index (χ2n) is 4.05. The van der Waals surface area contributed by atoms with Gasteiger partial charge in [0.1, 0.15) is 6.04 Å². The molecule has 6 heteroatoms. The fourth-order valence-electron chi connectivity index (χ4n) is 1.57. The molecule has 0 aliphatic carbocycles. The Hall–Kier alpha value is -1.01. The van der Waals surface area contributed by atoms with E-state index in [0.29, 0.717) is 6.42 Å². The van der Waals surface area contributed by atoms with Gasteiger partial charge in [-0.15, -0.1) is 0 Å². The predicted molar refractivity (Wildman–Crippen MR) is 73.3 cm³/mol. The number of carbonyl (C=O) groups is 1. The molecule has 0 saturated carbocycles. The first-order valence-corrected chi connectivity index (χ1v) is 7.24. The van der Waals surface area contributed by atoms with E-state index >= 15 is 0 Å². The van der Waals surface area contributed by atoms with Crippen LogP contribution in [0.4, 0.5) is 0 Å². The van der Waals surface area contributed by atoms with Crippen molar-refractivity contribution in [3.63, 3.8) is 0 Å². The Morgan fingerprint density at radius 1 is 1.67 bits per heavy atom. The van der Waals surface area contributed by atoms with Crippen LogP contribution in [0.1, 0.15) is 25.5 Å². The second kappa shape index (κ2) is 8.16. The van der Waals surface area contributed by atoms with E-state index in [1.807, 2.05) is 12.5 Å². The van der Waals surface area contributed by atoms with E-state index in [-0.39, 0.29) is 5.97 Å². The molecule has 5 nitrogen and oxygen atoms in total. The summed E-state index contributed by atoms with van der Waals surface area (Å²) in [7, 11) is 1.36. The van der Waals surface area contributed by atoms with E-state index in [4.69, 9.17) is 5.73 Å². The Labute approximate surface area is 112 Å². The van der Waals surface area contributed by atoms with E-state index < -0.39 is 6.04 Å². The van der Waals surface area contributed by atoms with Gasteiger partial charge in [0.2, 0.25) is 0 Å². The molecule has 18 heavy (non-hydrogen) atoms. The van der Waals surface area contributed by atoms with E-state index in [1.165, 1.54) is 12.8 Å². The van der Waals surface area contributed by atoms with Crippen molar-refractivity contribution in [2.24, 2.45) is 5.73 Å². The second-order valence-corrected chi connectivity index (χ2v) is 5.15. The highest BCUT2D eigenvalue weighted by Gasteiger charge is 2.12. The van der Waals surface area contributed by atoms with Gasteiger partial charge >= 0.3 is 5.97 Å². The molecular formula is C12H21N3O2S. The molecule has 1 heterocycles. The monoisotopic (exact) mass is 271 g/mol. The van der Waals surface area contributed by atoms with E-state index in [0.717, 1.165) is 24.5 Å². The molecule has 2 N–H and O–H groups in total. The van der Waals surface area contributed by atoms with Crippen LogP contribution in [0.25, 0.3) is 0 Å². The Bertz CT molecular complexity index is 368. The minimum Gasteiger partial charge on any atom is -0.468 e. The molecule has 0 radical (unpaired) electrons. The lowest BCUT2D eigenvalue weighted by Crippen LogP contribution is -2.31. The van der Waals surface area contributed by atoms with Gasteiger partial charge in [-0.05, 0) is 18.6 Å². The van der Waals surface area contributed by atoms with Crippen LogP contribution in [0.3, 0.4) is 0 Å². The zero-order valence-corrected chi connectivity index (χ0v) is 11.8. The maximum atomic E-state index is 11.1. The van der Waals surface area contributed by atoms with Crippen LogP contribution in [0.15, 0.2) is 12.5 Å². The third-order valence-electron chi connectivity index (χ3n) is 2.59. The quantitative estimate of drug-likeness (QED) is 0.572. The number of nitrogens with two attached hydrogens (primary N) is 1. The van der Waals surface area contributed by atoms with Crippen molar-refractivity contribution >= 4 is 17.7 Å². The number of esters is 1. The van der Waals surface area contributed by atoms with E-state index in [1.54, 1.807) is 11.8 Å². The highest BCUT2D eigenvalue weighted by molar-refractivity contribution is 7.98. The van der Waals surface area contributed by atoms with Crippen LogP contribution in [0, 0.1) is 0 Å². The summed E-state index contributed by atoms with van der Waals surface area (Å²) >= 11 is 1.76. The average molecular weight is 271 g/mol. The maximum Gasteiger partial charge on any atom is 0.322 e. The standard InChI is InChI=1S/C12H21N3O2S/c1-3-5-15-9-14-7-10(15)8-18-6-4-11(13)12(16)17-2/h7,9,11H,3-6,8,13H2,1-2H3. The first kappa shape index (κ1) is 15.0. The van der Waals surface area contributed by atoms with Gasteiger partial charge in [0.25, 0.3) is 0 Å². The van der Waals surface area contributed by atoms with Crippen LogP contribution < -0.4 is 5.73 Å². The number of nitrogens with zero attached hydrogens (tertiary/aromatic N) is 2. The highest BCUT2D eigenvalue weighted by Crippen LogP contribution is 2.14. The Balaban J connectivity index is 2.25. The molecule has 1 aromatic heterocycles. The van der Waals surface area contributed by atoms with Crippen molar-refractivity contribution in [2.75, 3.05) is 12.9 Å². The minimum absolute atomic E-state index is 0.341. The summed E-state index contributed by atoms with van der Waals surface area (Å²) in [5.41, 5.74) is 6.88. The van der Waals surface area contributed by atoms with Crippen molar-refractivity contribution < 1.29 is 9.53 Å². The molecule has 0 spiro atoms. The lowest BCUT2D eigenvalue weighted by Gasteiger charge is -2.09. The number of rotatable bonds is 8. The summed E-state index contributed by atoms with van der Waals surface area (Å²) in [5, 5.41) is 0. The first-order chi connectivity index (χ1) is 8.69. The average Bonchev–Trinajstić information content (AvgIpc) is 2.81. The van der Waals surface area contributed by atoms with Gasteiger partial charge in [-0.1, -0.05) is 6.92 Å². The number of aromatic nitrogens is 2. The summed E-state index contributed by atoms with van der Waals surface area (Å²) in [6.45, 7) is 3.14. The third kappa shape index (κ3) is 4.70. The molecule has 0 aromatic carbocycles. The van der Waals surface area contributed by atoms with E-state index in [2.05, 4.69) is 21.2 Å². The number of aryl methyl sites for hydroxylation is 1. The molecule has 1 atom stereocenters. The van der Waals surface area contributed by atoms with Gasteiger partial charge in [0.05, 0.1) is 13.4 Å². The van der Waals surface area contributed by atoms with Gasteiger partial charge in [-0.3, -0.25) is 4.79 Å². The lowest BCUT2D eigenvalue weighted by atomic mass is 10.2. The van der Waals surface area contributed by atoms with Crippen LogP contribution in [0.2, 0.25) is 0 Å². The number of methoxy groups -OCH3 is 1. The smallest absolute Gasteiger partial charge is 0.322 e. The number of imidazole rings is 1. The zero-order chi connectivity index (χ0) is 13.4. The van der Waals surface area contributed by atoms with Gasteiger partial charge in [-0.25, -0.2) is 4.98 Å². The molecule has 0 fully saturated rings. The molecule has 0 amide bonds. The lowest BCUT2D eigenvalue weighted by molar-refractivity contribution is -0.142. The van der Waals surface area contributed by atoms with Gasteiger partial charge < -0.3 is 15.0 Å². The topological polar surface area (TPSA) is 70.1 Å². The van der Waals surface area contributed by atoms with Crippen LogP contribution in [-0.2, 0) is 21.8 Å². The molecule has 1 aromatic rings. The van der Waals surface area contributed by atoms with Gasteiger partial charge in [0.15, 0.2) is 0 Å². The van der Waals surface area contributed by atoms with Crippen molar-refractivity contribution in [3.05, 3.63) is 18.2 Å². The number of hydrogen-bond donors (Lipinski definition) is 1. The van der Waals surface area contributed by atoms with Crippen LogP contribution in [0.5, 0.6) is 0 Å². The third-order valence-corrected chi connectivity index (χ3v) is 3.61. The normalized spacial score (nSPS) is 12.4.